The van der Waals surface area contributed by atoms with Crippen LogP contribution < -0.4 is 0 Å². The summed E-state index contributed by atoms with van der Waals surface area (Å²) in [5, 5.41) is 0. The molecule has 0 aliphatic carbocycles. The third-order valence-corrected chi connectivity index (χ3v) is 4.88. The van der Waals surface area contributed by atoms with Crippen LogP contribution in [0, 0.1) is 5.92 Å². The first kappa shape index (κ1) is 19.3. The van der Waals surface area contributed by atoms with Gasteiger partial charge in [-0.3, -0.25) is 0 Å². The fraction of sp³-hybridized carbons (Fsp3) is 0.545. The van der Waals surface area contributed by atoms with Crippen LogP contribution in [-0.2, 0) is 25.6 Å². The second-order valence-corrected chi connectivity index (χ2v) is 7.75. The second-order valence-electron chi connectivity index (χ2n) is 7.75. The van der Waals surface area contributed by atoms with E-state index in [1.54, 1.807) is 0 Å². The predicted octanol–water partition coefficient (Wildman–Crippen LogP) is 4.61. The smallest absolute Gasteiger partial charge is 0.187 e. The quantitative estimate of drug-likeness (QED) is 0.636. The Morgan fingerprint density at radius 1 is 1.27 bits per heavy atom. The van der Waals surface area contributed by atoms with Crippen LogP contribution in [0.2, 0.25) is 0 Å². The van der Waals surface area contributed by atoms with Crippen molar-refractivity contribution in [2.45, 2.75) is 70.6 Å². The molecule has 0 bridgehead atoms. The molecule has 2 aliphatic rings. The molecular formula is C22H30O4. The van der Waals surface area contributed by atoms with Crippen molar-refractivity contribution in [3.8, 4) is 0 Å². The lowest BCUT2D eigenvalue weighted by Crippen LogP contribution is -2.38. The Hall–Kier alpha value is -1.46. The summed E-state index contributed by atoms with van der Waals surface area (Å²) in [6.07, 6.45) is 2.76. The van der Waals surface area contributed by atoms with Gasteiger partial charge in [0.15, 0.2) is 12.1 Å². The zero-order chi connectivity index (χ0) is 18.7. The van der Waals surface area contributed by atoms with Crippen LogP contribution in [0.1, 0.15) is 39.2 Å². The topological polar surface area (TPSA) is 36.9 Å². The first-order valence-corrected chi connectivity index (χ1v) is 9.31. The molecule has 2 saturated heterocycles. The maximum atomic E-state index is 6.28. The van der Waals surface area contributed by atoms with Crippen molar-refractivity contribution in [2.24, 2.45) is 5.92 Å². The summed E-state index contributed by atoms with van der Waals surface area (Å²) < 4.78 is 24.6. The highest BCUT2D eigenvalue weighted by Crippen LogP contribution is 2.44. The molecule has 0 radical (unpaired) electrons. The van der Waals surface area contributed by atoms with E-state index in [0.717, 1.165) is 17.6 Å². The van der Waals surface area contributed by atoms with Gasteiger partial charge >= 0.3 is 0 Å². The summed E-state index contributed by atoms with van der Waals surface area (Å²) in [7, 11) is 0. The first-order chi connectivity index (χ1) is 12.4. The number of benzene rings is 1. The number of ether oxygens (including phenoxy) is 4. The number of hydrogen-bond acceptors (Lipinski definition) is 4. The fourth-order valence-corrected chi connectivity index (χ4v) is 3.83. The SMILES string of the molecule is C=CC[C@H](OCc1ccccc1)[C@H]1O[C@@H]2OC(C)(C)O[C@@H]2[C@@H]1CC(=C)C. The molecule has 2 heterocycles. The predicted molar refractivity (Wildman–Crippen MR) is 101 cm³/mol. The zero-order valence-electron chi connectivity index (χ0n) is 16.0. The van der Waals surface area contributed by atoms with Gasteiger partial charge < -0.3 is 18.9 Å². The van der Waals surface area contributed by atoms with E-state index in [0.29, 0.717) is 13.0 Å². The van der Waals surface area contributed by atoms with Crippen molar-refractivity contribution in [1.82, 2.24) is 0 Å². The lowest BCUT2D eigenvalue weighted by Gasteiger charge is -2.31. The minimum absolute atomic E-state index is 0.0978. The van der Waals surface area contributed by atoms with Crippen LogP contribution in [0.4, 0.5) is 0 Å². The maximum absolute atomic E-state index is 6.28. The van der Waals surface area contributed by atoms with Crippen LogP contribution in [0.15, 0.2) is 55.1 Å². The lowest BCUT2D eigenvalue weighted by molar-refractivity contribution is -0.224. The van der Waals surface area contributed by atoms with E-state index >= 15 is 0 Å². The second kappa shape index (κ2) is 8.05. The molecule has 26 heavy (non-hydrogen) atoms. The van der Waals surface area contributed by atoms with Gasteiger partial charge in [-0.05, 0) is 39.2 Å². The Kier molecular flexibility index (Phi) is 5.98. The van der Waals surface area contributed by atoms with Crippen molar-refractivity contribution in [3.05, 3.63) is 60.7 Å². The number of hydrogen-bond donors (Lipinski definition) is 0. The van der Waals surface area contributed by atoms with Crippen molar-refractivity contribution in [3.63, 3.8) is 0 Å². The molecule has 0 N–H and O–H groups in total. The van der Waals surface area contributed by atoms with E-state index in [1.165, 1.54) is 0 Å². The number of allylic oxidation sites excluding steroid dienone is 1. The monoisotopic (exact) mass is 358 g/mol. The summed E-state index contributed by atoms with van der Waals surface area (Å²) in [6.45, 7) is 14.4. The van der Waals surface area contributed by atoms with Gasteiger partial charge in [-0.2, -0.15) is 0 Å². The van der Waals surface area contributed by atoms with Crippen molar-refractivity contribution >= 4 is 0 Å². The molecule has 0 aromatic heterocycles. The number of rotatable bonds is 8. The zero-order valence-corrected chi connectivity index (χ0v) is 16.0. The van der Waals surface area contributed by atoms with Gasteiger partial charge in [0.2, 0.25) is 0 Å². The van der Waals surface area contributed by atoms with Gasteiger partial charge in [0.05, 0.1) is 18.8 Å². The van der Waals surface area contributed by atoms with Crippen LogP contribution >= 0.6 is 0 Å². The molecule has 0 saturated carbocycles. The Labute approximate surface area is 156 Å². The molecule has 142 valence electrons. The van der Waals surface area contributed by atoms with Gasteiger partial charge in [-0.1, -0.05) is 42.0 Å². The molecule has 4 nitrogen and oxygen atoms in total. The van der Waals surface area contributed by atoms with E-state index in [4.69, 9.17) is 18.9 Å². The van der Waals surface area contributed by atoms with Gasteiger partial charge in [-0.15, -0.1) is 13.2 Å². The molecule has 5 atom stereocenters. The van der Waals surface area contributed by atoms with E-state index < -0.39 is 5.79 Å². The van der Waals surface area contributed by atoms with E-state index in [9.17, 15) is 0 Å². The first-order valence-electron chi connectivity index (χ1n) is 9.31. The Morgan fingerprint density at radius 3 is 2.65 bits per heavy atom. The third kappa shape index (κ3) is 4.44. The molecular weight excluding hydrogens is 328 g/mol. The molecule has 1 aromatic carbocycles. The minimum Gasteiger partial charge on any atom is -0.371 e. The normalized spacial score (nSPS) is 30.7. The maximum Gasteiger partial charge on any atom is 0.187 e. The molecule has 3 rings (SSSR count). The molecule has 2 fully saturated rings. The molecule has 0 unspecified atom stereocenters. The highest BCUT2D eigenvalue weighted by Gasteiger charge is 2.56. The summed E-state index contributed by atoms with van der Waals surface area (Å²) in [4.78, 5) is 0. The van der Waals surface area contributed by atoms with Crippen molar-refractivity contribution in [2.75, 3.05) is 0 Å². The average Bonchev–Trinajstić information content (AvgIpc) is 3.05. The molecule has 2 aliphatic heterocycles. The van der Waals surface area contributed by atoms with Gasteiger partial charge in [0, 0.05) is 5.92 Å². The van der Waals surface area contributed by atoms with E-state index in [-0.39, 0.29) is 30.5 Å². The summed E-state index contributed by atoms with van der Waals surface area (Å²) in [5.41, 5.74) is 2.25. The molecule has 0 spiro atoms. The average molecular weight is 358 g/mol. The minimum atomic E-state index is -0.619. The highest BCUT2D eigenvalue weighted by molar-refractivity contribution is 5.13. The van der Waals surface area contributed by atoms with Crippen LogP contribution in [-0.4, -0.2) is 30.4 Å². The summed E-state index contributed by atoms with van der Waals surface area (Å²) >= 11 is 0. The highest BCUT2D eigenvalue weighted by atomic mass is 16.8. The van der Waals surface area contributed by atoms with E-state index in [1.807, 2.05) is 45.0 Å². The summed E-state index contributed by atoms with van der Waals surface area (Å²) in [5.74, 6) is -0.466. The summed E-state index contributed by atoms with van der Waals surface area (Å²) in [6, 6.07) is 10.2. The van der Waals surface area contributed by atoms with Crippen LogP contribution in [0.25, 0.3) is 0 Å². The van der Waals surface area contributed by atoms with Crippen LogP contribution in [0.3, 0.4) is 0 Å². The lowest BCUT2D eigenvalue weighted by atomic mass is 9.88. The van der Waals surface area contributed by atoms with Crippen molar-refractivity contribution < 1.29 is 18.9 Å². The van der Waals surface area contributed by atoms with Gasteiger partial charge in [0.25, 0.3) is 0 Å². The fourth-order valence-electron chi connectivity index (χ4n) is 3.83. The Bertz CT molecular complexity index is 624. The standard InChI is InChI=1S/C22H30O4/c1-6-10-18(23-14-16-11-8-7-9-12-16)19-17(13-15(2)3)20-21(24-19)26-22(4,5)25-20/h6-9,11-12,17-21H,1-2,10,13-14H2,3-5H3/t17-,18+,19+,20-,21-/m1/s1. The largest absolute Gasteiger partial charge is 0.371 e. The van der Waals surface area contributed by atoms with Crippen LogP contribution in [0.5, 0.6) is 0 Å². The number of fused-ring (bicyclic) bond motifs is 1. The van der Waals surface area contributed by atoms with E-state index in [2.05, 4.69) is 25.3 Å². The van der Waals surface area contributed by atoms with Crippen molar-refractivity contribution in [1.29, 1.82) is 0 Å². The molecule has 4 heteroatoms. The molecule has 1 aromatic rings. The molecule has 0 amide bonds. The van der Waals surface area contributed by atoms with Gasteiger partial charge in [-0.25, -0.2) is 0 Å². The third-order valence-electron chi connectivity index (χ3n) is 4.88. The Balaban J connectivity index is 1.74. The van der Waals surface area contributed by atoms with Gasteiger partial charge in [0.1, 0.15) is 6.10 Å². The Morgan fingerprint density at radius 2 is 2.00 bits per heavy atom.